The van der Waals surface area contributed by atoms with Crippen LogP contribution in [0.3, 0.4) is 0 Å². The molecule has 0 aromatic heterocycles. The van der Waals surface area contributed by atoms with Gasteiger partial charge in [0.1, 0.15) is 11.6 Å². The van der Waals surface area contributed by atoms with E-state index < -0.39 is 11.6 Å². The van der Waals surface area contributed by atoms with Gasteiger partial charge in [0.15, 0.2) is 0 Å². The molecule has 112 valence electrons. The lowest BCUT2D eigenvalue weighted by atomic mass is 10.1. The third-order valence-electron chi connectivity index (χ3n) is 3.68. The van der Waals surface area contributed by atoms with Gasteiger partial charge in [0, 0.05) is 12.1 Å². The van der Waals surface area contributed by atoms with Crippen molar-refractivity contribution >= 4 is 11.6 Å². The van der Waals surface area contributed by atoms with Crippen molar-refractivity contribution in [3.8, 4) is 0 Å². The summed E-state index contributed by atoms with van der Waals surface area (Å²) in [7, 11) is 0. The Balaban J connectivity index is 1.66. The molecule has 0 aliphatic carbocycles. The van der Waals surface area contributed by atoms with Crippen LogP contribution in [0.25, 0.3) is 0 Å². The van der Waals surface area contributed by atoms with Crippen molar-refractivity contribution in [2.75, 3.05) is 26.2 Å². The molecule has 1 aliphatic heterocycles. The van der Waals surface area contributed by atoms with Crippen LogP contribution < -0.4 is 5.32 Å². The Morgan fingerprint density at radius 2 is 1.85 bits per heavy atom. The van der Waals surface area contributed by atoms with Crippen molar-refractivity contribution in [3.63, 3.8) is 0 Å². The van der Waals surface area contributed by atoms with E-state index in [0.717, 1.165) is 31.6 Å². The minimum atomic E-state index is -0.571. The van der Waals surface area contributed by atoms with E-state index in [-0.39, 0.29) is 5.02 Å². The fourth-order valence-corrected chi connectivity index (χ4v) is 2.68. The maximum Gasteiger partial charge on any atom is 0.142 e. The Bertz CT molecular complexity index is 434. The number of piperidine rings is 1. The Morgan fingerprint density at radius 3 is 2.60 bits per heavy atom. The van der Waals surface area contributed by atoms with Gasteiger partial charge >= 0.3 is 0 Å². The molecular formula is C15H21ClF2N2. The van der Waals surface area contributed by atoms with Crippen LogP contribution >= 0.6 is 11.6 Å². The SMILES string of the molecule is Fc1cc(CNCCCN2CCCCC2)c(F)cc1Cl. The van der Waals surface area contributed by atoms with Gasteiger partial charge < -0.3 is 10.2 Å². The molecular weight excluding hydrogens is 282 g/mol. The summed E-state index contributed by atoms with van der Waals surface area (Å²) in [6.45, 7) is 4.60. The maximum absolute atomic E-state index is 13.5. The highest BCUT2D eigenvalue weighted by Crippen LogP contribution is 2.19. The second-order valence-electron chi connectivity index (χ2n) is 5.29. The standard InChI is InChI=1S/C15H21ClF2N2/c16-13-10-14(17)12(9-15(13)18)11-19-5-4-8-20-6-2-1-3-7-20/h9-10,19H,1-8,11H2. The number of likely N-dealkylation sites (tertiary alicyclic amines) is 1. The van der Waals surface area contributed by atoms with Crippen molar-refractivity contribution in [1.29, 1.82) is 0 Å². The van der Waals surface area contributed by atoms with E-state index in [4.69, 9.17) is 11.6 Å². The topological polar surface area (TPSA) is 15.3 Å². The van der Waals surface area contributed by atoms with E-state index in [9.17, 15) is 8.78 Å². The lowest BCUT2D eigenvalue weighted by Crippen LogP contribution is -2.32. The van der Waals surface area contributed by atoms with Gasteiger partial charge in [-0.25, -0.2) is 8.78 Å². The van der Waals surface area contributed by atoms with E-state index >= 15 is 0 Å². The molecule has 1 saturated heterocycles. The summed E-state index contributed by atoms with van der Waals surface area (Å²) in [6, 6.07) is 2.19. The van der Waals surface area contributed by atoms with Crippen LogP contribution in [0.15, 0.2) is 12.1 Å². The first-order valence-corrected chi connectivity index (χ1v) is 7.61. The summed E-state index contributed by atoms with van der Waals surface area (Å²) >= 11 is 5.51. The molecule has 20 heavy (non-hydrogen) atoms. The normalized spacial score (nSPS) is 16.6. The quantitative estimate of drug-likeness (QED) is 0.638. The zero-order chi connectivity index (χ0) is 14.4. The summed E-state index contributed by atoms with van der Waals surface area (Å²) in [6.07, 6.45) is 4.96. The zero-order valence-corrected chi connectivity index (χ0v) is 12.4. The lowest BCUT2D eigenvalue weighted by Gasteiger charge is -2.26. The maximum atomic E-state index is 13.5. The molecule has 1 heterocycles. The van der Waals surface area contributed by atoms with E-state index in [0.29, 0.717) is 12.1 Å². The van der Waals surface area contributed by atoms with Gasteiger partial charge in [-0.3, -0.25) is 0 Å². The molecule has 2 nitrogen and oxygen atoms in total. The molecule has 0 bridgehead atoms. The molecule has 0 radical (unpaired) electrons. The molecule has 0 amide bonds. The third kappa shape index (κ3) is 4.69. The number of hydrogen-bond acceptors (Lipinski definition) is 2. The van der Waals surface area contributed by atoms with Gasteiger partial charge in [-0.15, -0.1) is 0 Å². The summed E-state index contributed by atoms with van der Waals surface area (Å²) in [4.78, 5) is 2.47. The first kappa shape index (κ1) is 15.7. The number of rotatable bonds is 6. The highest BCUT2D eigenvalue weighted by Gasteiger charge is 2.10. The van der Waals surface area contributed by atoms with Gasteiger partial charge in [0.2, 0.25) is 0 Å². The molecule has 1 fully saturated rings. The second kappa shape index (κ2) is 7.91. The third-order valence-corrected chi connectivity index (χ3v) is 3.97. The van der Waals surface area contributed by atoms with Crippen LogP contribution in [-0.4, -0.2) is 31.1 Å². The van der Waals surface area contributed by atoms with E-state index in [1.165, 1.54) is 32.4 Å². The van der Waals surface area contributed by atoms with Crippen molar-refractivity contribution < 1.29 is 8.78 Å². The first-order valence-electron chi connectivity index (χ1n) is 7.23. The number of benzene rings is 1. The highest BCUT2D eigenvalue weighted by molar-refractivity contribution is 6.30. The number of halogens is 3. The van der Waals surface area contributed by atoms with Crippen LogP contribution in [0.2, 0.25) is 5.02 Å². The fraction of sp³-hybridized carbons (Fsp3) is 0.600. The Kier molecular flexibility index (Phi) is 6.20. The average molecular weight is 303 g/mol. The summed E-state index contributed by atoms with van der Waals surface area (Å²) < 4.78 is 26.8. The summed E-state index contributed by atoms with van der Waals surface area (Å²) in [5, 5.41) is 2.98. The highest BCUT2D eigenvalue weighted by atomic mass is 35.5. The number of hydrogen-bond donors (Lipinski definition) is 1. The van der Waals surface area contributed by atoms with E-state index in [2.05, 4.69) is 10.2 Å². The van der Waals surface area contributed by atoms with Gasteiger partial charge in [-0.05, 0) is 57.6 Å². The predicted molar refractivity (Wildman–Crippen MR) is 78.0 cm³/mol. The van der Waals surface area contributed by atoms with Crippen molar-refractivity contribution in [1.82, 2.24) is 10.2 Å². The van der Waals surface area contributed by atoms with Crippen LogP contribution in [0.1, 0.15) is 31.2 Å². The molecule has 0 saturated carbocycles. The first-order chi connectivity index (χ1) is 9.66. The van der Waals surface area contributed by atoms with Crippen molar-refractivity contribution in [2.24, 2.45) is 0 Å². The van der Waals surface area contributed by atoms with Gasteiger partial charge in [0.25, 0.3) is 0 Å². The predicted octanol–water partition coefficient (Wildman–Crippen LogP) is 3.58. The fourth-order valence-electron chi connectivity index (χ4n) is 2.53. The Morgan fingerprint density at radius 1 is 1.10 bits per heavy atom. The molecule has 2 rings (SSSR count). The van der Waals surface area contributed by atoms with Gasteiger partial charge in [-0.1, -0.05) is 18.0 Å². The Hall–Kier alpha value is -0.710. The van der Waals surface area contributed by atoms with Crippen molar-refractivity contribution in [3.05, 3.63) is 34.4 Å². The molecule has 0 unspecified atom stereocenters. The second-order valence-corrected chi connectivity index (χ2v) is 5.70. The number of nitrogens with one attached hydrogen (secondary N) is 1. The largest absolute Gasteiger partial charge is 0.313 e. The number of nitrogens with zero attached hydrogens (tertiary/aromatic N) is 1. The minimum Gasteiger partial charge on any atom is -0.313 e. The Labute approximate surface area is 124 Å². The van der Waals surface area contributed by atoms with E-state index in [1.54, 1.807) is 0 Å². The summed E-state index contributed by atoms with van der Waals surface area (Å²) in [5.41, 5.74) is 0.324. The molecule has 1 N–H and O–H groups in total. The van der Waals surface area contributed by atoms with Crippen LogP contribution in [-0.2, 0) is 6.54 Å². The smallest absolute Gasteiger partial charge is 0.142 e. The van der Waals surface area contributed by atoms with Gasteiger partial charge in [-0.2, -0.15) is 0 Å². The van der Waals surface area contributed by atoms with Crippen LogP contribution in [0.4, 0.5) is 8.78 Å². The molecule has 0 atom stereocenters. The molecule has 1 aliphatic rings. The monoisotopic (exact) mass is 302 g/mol. The zero-order valence-electron chi connectivity index (χ0n) is 11.6. The molecule has 1 aromatic rings. The van der Waals surface area contributed by atoms with Crippen LogP contribution in [0.5, 0.6) is 0 Å². The molecule has 5 heteroatoms. The summed E-state index contributed by atoms with van der Waals surface area (Å²) in [5.74, 6) is -1.03. The van der Waals surface area contributed by atoms with Gasteiger partial charge in [0.05, 0.1) is 5.02 Å². The lowest BCUT2D eigenvalue weighted by molar-refractivity contribution is 0.225. The van der Waals surface area contributed by atoms with Crippen LogP contribution in [0, 0.1) is 11.6 Å². The molecule has 0 spiro atoms. The average Bonchev–Trinajstić information content (AvgIpc) is 2.45. The van der Waals surface area contributed by atoms with Crippen molar-refractivity contribution in [2.45, 2.75) is 32.2 Å². The minimum absolute atomic E-state index is 0.170. The molecule has 1 aromatic carbocycles. The van der Waals surface area contributed by atoms with E-state index in [1.807, 2.05) is 0 Å².